The lowest BCUT2D eigenvalue weighted by Crippen LogP contribution is -2.46. The third-order valence-corrected chi connectivity index (χ3v) is 6.53. The Hall–Kier alpha value is -3.43. The SMILES string of the molecule is CC(C)(O)C#Cc1ccc(-c2cc3c(cn2)CCc2c-3nn3c2C(=O)NC2(CC2)C3)cc1. The Bertz CT molecular complexity index is 1330. The zero-order valence-corrected chi connectivity index (χ0v) is 18.2. The number of fused-ring (bicyclic) bond motifs is 5. The summed E-state index contributed by atoms with van der Waals surface area (Å²) in [6.07, 6.45) is 5.68. The number of aliphatic hydroxyl groups is 1. The minimum absolute atomic E-state index is 0.0167. The summed E-state index contributed by atoms with van der Waals surface area (Å²) in [6.45, 7) is 4.10. The number of nitrogens with zero attached hydrogens (tertiary/aromatic N) is 3. The molecule has 2 aromatic heterocycles. The van der Waals surface area contributed by atoms with Crippen LogP contribution in [0.15, 0.2) is 36.5 Å². The summed E-state index contributed by atoms with van der Waals surface area (Å²) >= 11 is 0. The zero-order valence-electron chi connectivity index (χ0n) is 18.2. The first-order valence-corrected chi connectivity index (χ1v) is 11.1. The number of benzene rings is 1. The number of hydrogen-bond acceptors (Lipinski definition) is 4. The lowest BCUT2D eigenvalue weighted by atomic mass is 9.89. The van der Waals surface area contributed by atoms with Crippen molar-refractivity contribution in [1.29, 1.82) is 0 Å². The van der Waals surface area contributed by atoms with Crippen LogP contribution in [0.3, 0.4) is 0 Å². The van der Waals surface area contributed by atoms with Crippen LogP contribution in [-0.4, -0.2) is 36.9 Å². The molecular weight excluding hydrogens is 400 g/mol. The molecule has 0 atom stereocenters. The molecule has 3 aliphatic rings. The van der Waals surface area contributed by atoms with Crippen molar-refractivity contribution in [2.75, 3.05) is 0 Å². The third-order valence-electron chi connectivity index (χ3n) is 6.53. The van der Waals surface area contributed by atoms with Crippen molar-refractivity contribution >= 4 is 5.91 Å². The van der Waals surface area contributed by atoms with Gasteiger partial charge in [0.2, 0.25) is 0 Å². The van der Waals surface area contributed by atoms with Crippen molar-refractivity contribution < 1.29 is 9.90 Å². The molecule has 3 aromatic rings. The van der Waals surface area contributed by atoms with Gasteiger partial charge in [0, 0.05) is 28.5 Å². The number of carbonyl (C=O) groups excluding carboxylic acids is 1. The second-order valence-corrected chi connectivity index (χ2v) is 9.68. The molecule has 6 nitrogen and oxygen atoms in total. The molecule has 160 valence electrons. The van der Waals surface area contributed by atoms with E-state index in [4.69, 9.17) is 10.1 Å². The summed E-state index contributed by atoms with van der Waals surface area (Å²) in [7, 11) is 0. The van der Waals surface area contributed by atoms with E-state index in [1.54, 1.807) is 13.8 Å². The van der Waals surface area contributed by atoms with Crippen LogP contribution in [0.25, 0.3) is 22.5 Å². The monoisotopic (exact) mass is 424 g/mol. The molecule has 1 fully saturated rings. The highest BCUT2D eigenvalue weighted by atomic mass is 16.3. The van der Waals surface area contributed by atoms with Gasteiger partial charge in [0.25, 0.3) is 5.91 Å². The summed E-state index contributed by atoms with van der Waals surface area (Å²) in [4.78, 5) is 17.5. The molecule has 2 N–H and O–H groups in total. The molecule has 6 rings (SSSR count). The quantitative estimate of drug-likeness (QED) is 0.589. The summed E-state index contributed by atoms with van der Waals surface area (Å²) in [6, 6.07) is 9.96. The van der Waals surface area contributed by atoms with Crippen LogP contribution in [0, 0.1) is 11.8 Å². The molecule has 0 bridgehead atoms. The molecule has 0 unspecified atom stereocenters. The number of pyridine rings is 1. The predicted octanol–water partition coefficient (Wildman–Crippen LogP) is 3.11. The van der Waals surface area contributed by atoms with Gasteiger partial charge >= 0.3 is 0 Å². The smallest absolute Gasteiger partial charge is 0.270 e. The van der Waals surface area contributed by atoms with Crippen LogP contribution in [-0.2, 0) is 19.4 Å². The predicted molar refractivity (Wildman–Crippen MR) is 121 cm³/mol. The van der Waals surface area contributed by atoms with E-state index in [-0.39, 0.29) is 11.4 Å². The maximum Gasteiger partial charge on any atom is 0.270 e. The summed E-state index contributed by atoms with van der Waals surface area (Å²) in [5.41, 5.74) is 6.57. The molecule has 0 radical (unpaired) electrons. The lowest BCUT2D eigenvalue weighted by molar-refractivity contribution is 0.0885. The standard InChI is InChI=1S/C26H24N4O2/c1-25(2,32)10-9-16-3-5-17(6-4-16)21-13-20-18(14-27-21)7-8-19-22(20)29-30-15-26(11-12-26)28-24(31)23(19)30/h3-6,13-14,32H,7-8,11-12,15H2,1-2H3,(H,28,31). The number of hydrogen-bond donors (Lipinski definition) is 2. The van der Waals surface area contributed by atoms with Crippen LogP contribution in [0.4, 0.5) is 0 Å². The van der Waals surface area contributed by atoms with E-state index in [9.17, 15) is 9.90 Å². The Labute approximate surface area is 186 Å². The maximum absolute atomic E-state index is 12.8. The highest BCUT2D eigenvalue weighted by Crippen LogP contribution is 2.43. The van der Waals surface area contributed by atoms with Gasteiger partial charge in [-0.2, -0.15) is 5.10 Å². The average molecular weight is 425 g/mol. The number of aryl methyl sites for hydroxylation is 1. The maximum atomic E-state index is 12.8. The molecule has 32 heavy (non-hydrogen) atoms. The van der Waals surface area contributed by atoms with Crippen molar-refractivity contribution in [3.8, 4) is 34.4 Å². The van der Waals surface area contributed by atoms with Gasteiger partial charge in [-0.05, 0) is 63.3 Å². The van der Waals surface area contributed by atoms with Gasteiger partial charge in [-0.3, -0.25) is 14.5 Å². The van der Waals surface area contributed by atoms with Crippen molar-refractivity contribution in [2.45, 2.75) is 57.2 Å². The van der Waals surface area contributed by atoms with Crippen LogP contribution in [0.2, 0.25) is 0 Å². The molecule has 0 saturated heterocycles. The number of amides is 1. The van der Waals surface area contributed by atoms with Crippen molar-refractivity contribution in [1.82, 2.24) is 20.1 Å². The Morgan fingerprint density at radius 1 is 1.19 bits per heavy atom. The molecular formula is C26H24N4O2. The first-order chi connectivity index (χ1) is 15.3. The topological polar surface area (TPSA) is 80.0 Å². The minimum Gasteiger partial charge on any atom is -0.378 e. The van der Waals surface area contributed by atoms with E-state index in [0.717, 1.165) is 71.6 Å². The summed E-state index contributed by atoms with van der Waals surface area (Å²) < 4.78 is 1.93. The average Bonchev–Trinajstić information content (AvgIpc) is 3.38. The fraction of sp³-hybridized carbons (Fsp3) is 0.346. The Morgan fingerprint density at radius 2 is 1.97 bits per heavy atom. The molecule has 1 saturated carbocycles. The largest absolute Gasteiger partial charge is 0.378 e. The van der Waals surface area contributed by atoms with Gasteiger partial charge in [-0.15, -0.1) is 0 Å². The van der Waals surface area contributed by atoms with E-state index in [0.29, 0.717) is 0 Å². The highest BCUT2D eigenvalue weighted by Gasteiger charge is 2.49. The number of rotatable bonds is 1. The van der Waals surface area contributed by atoms with Gasteiger partial charge < -0.3 is 10.4 Å². The van der Waals surface area contributed by atoms with Crippen LogP contribution in [0.5, 0.6) is 0 Å². The molecule has 1 aromatic carbocycles. The van der Waals surface area contributed by atoms with Crippen LogP contribution < -0.4 is 5.32 Å². The van der Waals surface area contributed by atoms with Crippen molar-refractivity contribution in [3.05, 3.63) is 58.9 Å². The lowest BCUT2D eigenvalue weighted by Gasteiger charge is -2.24. The van der Waals surface area contributed by atoms with Gasteiger partial charge in [-0.25, -0.2) is 0 Å². The zero-order chi connectivity index (χ0) is 22.1. The van der Waals surface area contributed by atoms with Crippen molar-refractivity contribution in [3.63, 3.8) is 0 Å². The molecule has 3 heterocycles. The van der Waals surface area contributed by atoms with E-state index >= 15 is 0 Å². The van der Waals surface area contributed by atoms with Crippen molar-refractivity contribution in [2.24, 2.45) is 0 Å². The fourth-order valence-electron chi connectivity index (χ4n) is 4.65. The van der Waals surface area contributed by atoms with Gasteiger partial charge in [-0.1, -0.05) is 24.0 Å². The van der Waals surface area contributed by atoms with Gasteiger partial charge in [0.1, 0.15) is 11.3 Å². The second kappa shape index (κ2) is 6.54. The molecule has 6 heteroatoms. The van der Waals surface area contributed by atoms with E-state index in [1.807, 2.05) is 35.1 Å². The third kappa shape index (κ3) is 3.21. The van der Waals surface area contributed by atoms with Crippen LogP contribution >= 0.6 is 0 Å². The first kappa shape index (κ1) is 19.3. The fourth-order valence-corrected chi connectivity index (χ4v) is 4.65. The summed E-state index contributed by atoms with van der Waals surface area (Å²) in [5, 5.41) is 17.9. The Morgan fingerprint density at radius 3 is 2.69 bits per heavy atom. The molecule has 2 aliphatic carbocycles. The van der Waals surface area contributed by atoms with E-state index in [2.05, 4.69) is 23.2 Å². The Kier molecular flexibility index (Phi) is 3.94. The van der Waals surface area contributed by atoms with E-state index in [1.165, 1.54) is 5.56 Å². The Balaban J connectivity index is 1.37. The summed E-state index contributed by atoms with van der Waals surface area (Å²) in [5.74, 6) is 5.85. The molecule has 1 aliphatic heterocycles. The normalized spacial score (nSPS) is 17.5. The minimum atomic E-state index is -1.02. The van der Waals surface area contributed by atoms with Gasteiger partial charge in [0.05, 0.1) is 23.5 Å². The number of aromatic nitrogens is 3. The first-order valence-electron chi connectivity index (χ1n) is 11.1. The van der Waals surface area contributed by atoms with Gasteiger partial charge in [0.15, 0.2) is 0 Å². The molecule has 1 amide bonds. The number of carbonyl (C=O) groups is 1. The van der Waals surface area contributed by atoms with E-state index < -0.39 is 5.60 Å². The second-order valence-electron chi connectivity index (χ2n) is 9.68. The van der Waals surface area contributed by atoms with Crippen LogP contribution in [0.1, 0.15) is 53.9 Å². The highest BCUT2D eigenvalue weighted by molar-refractivity contribution is 5.98. The number of nitrogens with one attached hydrogen (secondary N) is 1. The molecule has 1 spiro atoms.